The molecule has 0 bridgehead atoms. The van der Waals surface area contributed by atoms with Gasteiger partial charge in [0, 0.05) is 12.4 Å². The van der Waals surface area contributed by atoms with Crippen molar-refractivity contribution in [3.8, 4) is 0 Å². The Balaban J connectivity index is 2.38. The number of benzene rings is 2. The van der Waals surface area contributed by atoms with E-state index in [9.17, 15) is 34.2 Å². The fourth-order valence-corrected chi connectivity index (χ4v) is 3.16. The molecule has 0 aliphatic rings. The van der Waals surface area contributed by atoms with Gasteiger partial charge in [-0.15, -0.1) is 0 Å². The summed E-state index contributed by atoms with van der Waals surface area (Å²) in [6.45, 7) is 0.0145. The van der Waals surface area contributed by atoms with Gasteiger partial charge in [0.1, 0.15) is 6.54 Å². The first-order chi connectivity index (χ1) is 16.9. The normalized spacial score (nSPS) is 13.5. The molecule has 0 fully saturated rings. The minimum Gasteiger partial charge on any atom is -0.550 e. The fourth-order valence-electron chi connectivity index (χ4n) is 3.16. The van der Waals surface area contributed by atoms with E-state index in [-0.39, 0.29) is 22.2 Å². The minimum atomic E-state index is -2.29. The monoisotopic (exact) mass is 501 g/mol. The molecule has 2 aromatic carbocycles. The summed E-state index contributed by atoms with van der Waals surface area (Å²) in [7, 11) is 5.14. The van der Waals surface area contributed by atoms with Crippen LogP contribution in [0.15, 0.2) is 60.7 Å². The average molecular weight is 501 g/mol. The molecule has 0 radical (unpaired) electrons. The Morgan fingerprint density at radius 2 is 1.22 bits per heavy atom. The van der Waals surface area contributed by atoms with Crippen molar-refractivity contribution in [1.82, 2.24) is 0 Å². The number of carboxylic acids is 2. The van der Waals surface area contributed by atoms with E-state index in [1.807, 2.05) is 0 Å². The van der Waals surface area contributed by atoms with E-state index in [1.165, 1.54) is 48.5 Å². The number of hydrogen-bond donors (Lipinski definition) is 1. The van der Waals surface area contributed by atoms with Gasteiger partial charge in [-0.05, 0) is 24.3 Å². The van der Waals surface area contributed by atoms with Crippen molar-refractivity contribution in [2.75, 3.05) is 27.7 Å². The summed E-state index contributed by atoms with van der Waals surface area (Å²) in [5, 5.41) is 21.0. The van der Waals surface area contributed by atoms with Crippen molar-refractivity contribution in [3.63, 3.8) is 0 Å². The SMILES string of the molecule is C[N+](C)(C)CC(CC(=O)[O-])OC(=O)C(OC(=O)c1ccccc1)C(OC(=O)c1ccccc1)C(=O)O. The molecule has 0 aliphatic carbocycles. The first kappa shape index (κ1) is 28.0. The Kier molecular flexibility index (Phi) is 9.68. The largest absolute Gasteiger partial charge is 0.550 e. The maximum absolute atomic E-state index is 13.1. The Bertz CT molecular complexity index is 1080. The van der Waals surface area contributed by atoms with Crippen LogP contribution >= 0.6 is 0 Å². The Morgan fingerprint density at radius 3 is 1.61 bits per heavy atom. The lowest BCUT2D eigenvalue weighted by atomic mass is 10.1. The van der Waals surface area contributed by atoms with E-state index >= 15 is 0 Å². The van der Waals surface area contributed by atoms with Crippen molar-refractivity contribution in [3.05, 3.63) is 71.8 Å². The number of ether oxygens (including phenoxy) is 3. The van der Waals surface area contributed by atoms with E-state index in [4.69, 9.17) is 14.2 Å². The van der Waals surface area contributed by atoms with Crippen molar-refractivity contribution < 1.29 is 52.9 Å². The topological polar surface area (TPSA) is 156 Å². The number of quaternary nitrogens is 1. The van der Waals surface area contributed by atoms with Crippen molar-refractivity contribution in [2.24, 2.45) is 0 Å². The number of carbonyl (C=O) groups is 5. The zero-order valence-electron chi connectivity index (χ0n) is 20.0. The van der Waals surface area contributed by atoms with E-state index in [0.717, 1.165) is 0 Å². The zero-order valence-corrected chi connectivity index (χ0v) is 20.0. The third-order valence-corrected chi connectivity index (χ3v) is 4.67. The summed E-state index contributed by atoms with van der Waals surface area (Å²) in [5.41, 5.74) is -0.0171. The van der Waals surface area contributed by atoms with Crippen LogP contribution in [0.2, 0.25) is 0 Å². The number of likely N-dealkylation sites (N-methyl/N-ethyl adjacent to an activating group) is 1. The quantitative estimate of drug-likeness (QED) is 0.243. The van der Waals surface area contributed by atoms with Crippen LogP contribution in [0.1, 0.15) is 27.1 Å². The number of nitrogens with zero attached hydrogens (tertiary/aromatic N) is 1. The predicted octanol–water partition coefficient (Wildman–Crippen LogP) is 0.280. The van der Waals surface area contributed by atoms with Gasteiger partial charge in [-0.25, -0.2) is 19.2 Å². The molecule has 3 unspecified atom stereocenters. The first-order valence-electron chi connectivity index (χ1n) is 10.8. The Morgan fingerprint density at radius 1 is 0.778 bits per heavy atom. The van der Waals surface area contributed by atoms with Gasteiger partial charge in [0.25, 0.3) is 0 Å². The molecule has 3 atom stereocenters. The van der Waals surface area contributed by atoms with Crippen molar-refractivity contribution in [1.29, 1.82) is 0 Å². The van der Waals surface area contributed by atoms with Crippen LogP contribution in [-0.2, 0) is 28.6 Å². The van der Waals surface area contributed by atoms with Crippen LogP contribution in [0.4, 0.5) is 0 Å². The standard InChI is InChI=1S/C25H27NO10/c1-26(2,3)15-18(14-19(27)28)34-25(33)21(36-24(32)17-12-8-5-9-13-17)20(22(29)30)35-23(31)16-10-6-4-7-11-16/h4-13,18,20-21H,14-15H2,1-3H3,(H-,27,28,29,30). The van der Waals surface area contributed by atoms with Crippen LogP contribution in [0.3, 0.4) is 0 Å². The second-order valence-electron chi connectivity index (χ2n) is 8.83. The van der Waals surface area contributed by atoms with Gasteiger partial charge in [0.05, 0.1) is 32.3 Å². The van der Waals surface area contributed by atoms with Crippen LogP contribution in [0.5, 0.6) is 0 Å². The molecule has 0 aromatic heterocycles. The second kappa shape index (κ2) is 12.5. The molecule has 36 heavy (non-hydrogen) atoms. The maximum atomic E-state index is 13.1. The van der Waals surface area contributed by atoms with Gasteiger partial charge in [0.15, 0.2) is 6.10 Å². The highest BCUT2D eigenvalue weighted by molar-refractivity contribution is 5.95. The number of rotatable bonds is 12. The number of carboxylic acid groups (broad SMARTS) is 2. The summed E-state index contributed by atoms with van der Waals surface area (Å²) in [6, 6.07) is 14.8. The summed E-state index contributed by atoms with van der Waals surface area (Å²) in [6.07, 6.45) is -6.47. The predicted molar refractivity (Wildman–Crippen MR) is 121 cm³/mol. The Labute approximate surface area is 207 Å². The van der Waals surface area contributed by atoms with Gasteiger partial charge < -0.3 is 33.7 Å². The van der Waals surface area contributed by atoms with Gasteiger partial charge >= 0.3 is 23.9 Å². The van der Waals surface area contributed by atoms with Crippen LogP contribution in [0, 0.1) is 0 Å². The molecule has 11 nitrogen and oxygen atoms in total. The summed E-state index contributed by atoms with van der Waals surface area (Å²) < 4.78 is 15.6. The Hall–Kier alpha value is -4.25. The van der Waals surface area contributed by atoms with Crippen molar-refractivity contribution in [2.45, 2.75) is 24.7 Å². The van der Waals surface area contributed by atoms with Gasteiger partial charge in [-0.2, -0.15) is 0 Å². The molecule has 2 rings (SSSR count). The summed E-state index contributed by atoms with van der Waals surface area (Å²) in [4.78, 5) is 61.5. The van der Waals surface area contributed by atoms with Crippen LogP contribution in [-0.4, -0.2) is 85.4 Å². The molecule has 0 aliphatic heterocycles. The zero-order chi connectivity index (χ0) is 26.9. The number of hydrogen-bond acceptors (Lipinski definition) is 9. The molecule has 0 saturated carbocycles. The van der Waals surface area contributed by atoms with E-state index in [0.29, 0.717) is 0 Å². The highest BCUT2D eigenvalue weighted by Gasteiger charge is 2.43. The van der Waals surface area contributed by atoms with Crippen LogP contribution in [0.25, 0.3) is 0 Å². The molecule has 0 amide bonds. The lowest BCUT2D eigenvalue weighted by Crippen LogP contribution is -2.50. The average Bonchev–Trinajstić information content (AvgIpc) is 2.80. The molecule has 0 saturated heterocycles. The molecule has 0 spiro atoms. The lowest BCUT2D eigenvalue weighted by Gasteiger charge is -2.30. The van der Waals surface area contributed by atoms with Gasteiger partial charge in [0.2, 0.25) is 12.2 Å². The summed E-state index contributed by atoms with van der Waals surface area (Å²) in [5.74, 6) is -6.86. The maximum Gasteiger partial charge on any atom is 0.352 e. The molecular weight excluding hydrogens is 474 g/mol. The van der Waals surface area contributed by atoms with Crippen molar-refractivity contribution >= 4 is 29.8 Å². The third-order valence-electron chi connectivity index (χ3n) is 4.67. The second-order valence-corrected chi connectivity index (χ2v) is 8.83. The van der Waals surface area contributed by atoms with Crippen LogP contribution < -0.4 is 5.11 Å². The smallest absolute Gasteiger partial charge is 0.352 e. The first-order valence-corrected chi connectivity index (χ1v) is 10.8. The highest BCUT2D eigenvalue weighted by atomic mass is 16.6. The number of aliphatic carboxylic acids is 2. The number of esters is 3. The molecule has 0 heterocycles. The molecular formula is C25H27NO10. The van der Waals surface area contributed by atoms with Gasteiger partial charge in [-0.3, -0.25) is 0 Å². The fraction of sp³-hybridized carbons (Fsp3) is 0.320. The molecule has 192 valence electrons. The lowest BCUT2D eigenvalue weighted by molar-refractivity contribution is -0.873. The molecule has 1 N–H and O–H groups in total. The van der Waals surface area contributed by atoms with Gasteiger partial charge in [-0.1, -0.05) is 36.4 Å². The highest BCUT2D eigenvalue weighted by Crippen LogP contribution is 2.16. The minimum absolute atomic E-state index is 0.00790. The third kappa shape index (κ3) is 8.84. The molecule has 11 heteroatoms. The van der Waals surface area contributed by atoms with E-state index < -0.39 is 54.6 Å². The number of carbonyl (C=O) groups excluding carboxylic acids is 4. The molecule has 2 aromatic rings. The van der Waals surface area contributed by atoms with E-state index in [1.54, 1.807) is 33.3 Å². The van der Waals surface area contributed by atoms with E-state index in [2.05, 4.69) is 0 Å². The summed E-state index contributed by atoms with van der Waals surface area (Å²) >= 11 is 0.